The van der Waals surface area contributed by atoms with E-state index in [0.29, 0.717) is 5.92 Å². The van der Waals surface area contributed by atoms with E-state index in [0.717, 1.165) is 42.8 Å². The molecule has 0 bridgehead atoms. The van der Waals surface area contributed by atoms with Crippen LogP contribution in [0.5, 0.6) is 0 Å². The molecule has 1 heterocycles. The summed E-state index contributed by atoms with van der Waals surface area (Å²) in [7, 11) is 0. The molecule has 0 saturated carbocycles. The van der Waals surface area contributed by atoms with Crippen molar-refractivity contribution in [2.24, 2.45) is 5.92 Å². The van der Waals surface area contributed by atoms with E-state index < -0.39 is 0 Å². The molecule has 0 aromatic heterocycles. The van der Waals surface area contributed by atoms with E-state index in [1.807, 2.05) is 12.1 Å². The Bertz CT molecular complexity index is 411. The zero-order chi connectivity index (χ0) is 13.7. The maximum atomic E-state index is 13.8. The first-order valence-corrected chi connectivity index (χ1v) is 7.85. The van der Waals surface area contributed by atoms with Gasteiger partial charge in [-0.05, 0) is 50.5 Å². The van der Waals surface area contributed by atoms with Crippen molar-refractivity contribution in [3.63, 3.8) is 0 Å². The van der Waals surface area contributed by atoms with Crippen molar-refractivity contribution in [2.45, 2.75) is 26.3 Å². The highest BCUT2D eigenvalue weighted by molar-refractivity contribution is 9.10. The van der Waals surface area contributed by atoms with Crippen LogP contribution in [0.25, 0.3) is 0 Å². The summed E-state index contributed by atoms with van der Waals surface area (Å²) in [6.45, 7) is 7.12. The second-order valence-corrected chi connectivity index (χ2v) is 6.20. The Labute approximate surface area is 123 Å². The number of benzene rings is 1. The van der Waals surface area contributed by atoms with Gasteiger partial charge >= 0.3 is 0 Å². The van der Waals surface area contributed by atoms with E-state index in [4.69, 9.17) is 0 Å². The molecule has 4 heteroatoms. The van der Waals surface area contributed by atoms with Crippen LogP contribution in [0.3, 0.4) is 0 Å². The molecule has 0 amide bonds. The van der Waals surface area contributed by atoms with Gasteiger partial charge in [-0.25, -0.2) is 4.39 Å². The molecule has 106 valence electrons. The smallest absolute Gasteiger partial charge is 0.128 e. The molecule has 19 heavy (non-hydrogen) atoms. The maximum absolute atomic E-state index is 13.8. The van der Waals surface area contributed by atoms with Crippen molar-refractivity contribution in [3.8, 4) is 0 Å². The van der Waals surface area contributed by atoms with Gasteiger partial charge in [-0.15, -0.1) is 0 Å². The van der Waals surface area contributed by atoms with E-state index in [-0.39, 0.29) is 5.82 Å². The summed E-state index contributed by atoms with van der Waals surface area (Å²) in [6, 6.07) is 5.35. The number of nitrogens with zero attached hydrogens (tertiary/aromatic N) is 1. The molecule has 1 aliphatic heterocycles. The number of hydrogen-bond donors (Lipinski definition) is 1. The normalized spacial score (nSPS) is 20.7. The molecule has 1 aromatic rings. The summed E-state index contributed by atoms with van der Waals surface area (Å²) in [5, 5.41) is 3.41. The topological polar surface area (TPSA) is 15.3 Å². The fraction of sp³-hybridized carbons (Fsp3) is 0.600. The van der Waals surface area contributed by atoms with Crippen LogP contribution in [0.15, 0.2) is 22.7 Å². The van der Waals surface area contributed by atoms with Gasteiger partial charge in [-0.2, -0.15) is 0 Å². The van der Waals surface area contributed by atoms with Crippen LogP contribution in [0.1, 0.15) is 25.3 Å². The fourth-order valence-electron chi connectivity index (χ4n) is 2.70. The summed E-state index contributed by atoms with van der Waals surface area (Å²) >= 11 is 3.30. The monoisotopic (exact) mass is 328 g/mol. The lowest BCUT2D eigenvalue weighted by Gasteiger charge is -2.33. The van der Waals surface area contributed by atoms with Gasteiger partial charge in [0, 0.05) is 23.1 Å². The minimum absolute atomic E-state index is 0.108. The molecule has 1 atom stereocenters. The minimum Gasteiger partial charge on any atom is -0.317 e. The fourth-order valence-corrected chi connectivity index (χ4v) is 3.03. The number of nitrogens with one attached hydrogen (secondary N) is 1. The standard InChI is InChI=1S/C15H22BrFN2/c1-2-18-9-12-4-3-7-19(10-12)11-13-5-6-14(16)8-15(13)17/h5-6,8,12,18H,2-4,7,9-11H2,1H3. The molecule has 1 fully saturated rings. The summed E-state index contributed by atoms with van der Waals surface area (Å²) in [4.78, 5) is 2.37. The number of likely N-dealkylation sites (tertiary alicyclic amines) is 1. The lowest BCUT2D eigenvalue weighted by Crippen LogP contribution is -2.39. The second-order valence-electron chi connectivity index (χ2n) is 5.29. The zero-order valence-corrected chi connectivity index (χ0v) is 13.0. The first-order valence-electron chi connectivity index (χ1n) is 7.06. The predicted octanol–water partition coefficient (Wildman–Crippen LogP) is 3.41. The molecular weight excluding hydrogens is 307 g/mol. The molecule has 1 aromatic carbocycles. The number of halogens is 2. The lowest BCUT2D eigenvalue weighted by atomic mass is 9.97. The van der Waals surface area contributed by atoms with Gasteiger partial charge in [0.2, 0.25) is 0 Å². The quantitative estimate of drug-likeness (QED) is 0.891. The molecule has 1 unspecified atom stereocenters. The van der Waals surface area contributed by atoms with Crippen LogP contribution in [0, 0.1) is 11.7 Å². The Morgan fingerprint density at radius 1 is 1.47 bits per heavy atom. The van der Waals surface area contributed by atoms with Crippen molar-refractivity contribution >= 4 is 15.9 Å². The molecule has 1 saturated heterocycles. The number of hydrogen-bond acceptors (Lipinski definition) is 2. The van der Waals surface area contributed by atoms with E-state index in [1.54, 1.807) is 6.07 Å². The van der Waals surface area contributed by atoms with E-state index in [9.17, 15) is 4.39 Å². The SMILES string of the molecule is CCNCC1CCCN(Cc2ccc(Br)cc2F)C1. The average molecular weight is 329 g/mol. The van der Waals surface area contributed by atoms with Crippen molar-refractivity contribution in [1.29, 1.82) is 0 Å². The Kier molecular flexibility index (Phi) is 5.79. The van der Waals surface area contributed by atoms with Crippen molar-refractivity contribution in [2.75, 3.05) is 26.2 Å². The predicted molar refractivity (Wildman–Crippen MR) is 80.6 cm³/mol. The van der Waals surface area contributed by atoms with E-state index >= 15 is 0 Å². The molecule has 0 spiro atoms. The Morgan fingerprint density at radius 2 is 2.32 bits per heavy atom. The van der Waals surface area contributed by atoms with Gasteiger partial charge in [0.1, 0.15) is 5.82 Å². The summed E-state index contributed by atoms with van der Waals surface area (Å²) in [6.07, 6.45) is 2.50. The van der Waals surface area contributed by atoms with Crippen LogP contribution in [-0.2, 0) is 6.54 Å². The lowest BCUT2D eigenvalue weighted by molar-refractivity contribution is 0.164. The largest absolute Gasteiger partial charge is 0.317 e. The highest BCUT2D eigenvalue weighted by Gasteiger charge is 2.20. The summed E-state index contributed by atoms with van der Waals surface area (Å²) < 4.78 is 14.6. The minimum atomic E-state index is -0.108. The maximum Gasteiger partial charge on any atom is 0.128 e. The molecule has 0 radical (unpaired) electrons. The van der Waals surface area contributed by atoms with Crippen LogP contribution >= 0.6 is 15.9 Å². The molecular formula is C15H22BrFN2. The molecule has 2 rings (SSSR count). The molecule has 1 N–H and O–H groups in total. The highest BCUT2D eigenvalue weighted by Crippen LogP contribution is 2.21. The Hall–Kier alpha value is -0.450. The van der Waals surface area contributed by atoms with Crippen LogP contribution in [0.2, 0.25) is 0 Å². The summed E-state index contributed by atoms with van der Waals surface area (Å²) in [5.74, 6) is 0.593. The zero-order valence-electron chi connectivity index (χ0n) is 11.5. The van der Waals surface area contributed by atoms with Crippen molar-refractivity contribution in [3.05, 3.63) is 34.1 Å². The summed E-state index contributed by atoms with van der Waals surface area (Å²) in [5.41, 5.74) is 0.798. The first kappa shape index (κ1) is 14.9. The van der Waals surface area contributed by atoms with Crippen molar-refractivity contribution in [1.82, 2.24) is 10.2 Å². The molecule has 0 aliphatic carbocycles. The Morgan fingerprint density at radius 3 is 3.05 bits per heavy atom. The van der Waals surface area contributed by atoms with Crippen LogP contribution in [-0.4, -0.2) is 31.1 Å². The Balaban J connectivity index is 1.91. The number of rotatable bonds is 5. The average Bonchev–Trinajstić information content (AvgIpc) is 2.40. The van der Waals surface area contributed by atoms with Gasteiger partial charge < -0.3 is 5.32 Å². The molecule has 2 nitrogen and oxygen atoms in total. The van der Waals surface area contributed by atoms with Gasteiger partial charge in [0.15, 0.2) is 0 Å². The number of piperidine rings is 1. The van der Waals surface area contributed by atoms with Gasteiger partial charge in [0.05, 0.1) is 0 Å². The second kappa shape index (κ2) is 7.36. The van der Waals surface area contributed by atoms with E-state index in [2.05, 4.69) is 33.1 Å². The van der Waals surface area contributed by atoms with Gasteiger partial charge in [-0.1, -0.05) is 28.9 Å². The first-order chi connectivity index (χ1) is 9.19. The van der Waals surface area contributed by atoms with Gasteiger partial charge in [0.25, 0.3) is 0 Å². The van der Waals surface area contributed by atoms with Crippen LogP contribution in [0.4, 0.5) is 4.39 Å². The van der Waals surface area contributed by atoms with Crippen molar-refractivity contribution < 1.29 is 4.39 Å². The third-order valence-electron chi connectivity index (χ3n) is 3.70. The third-order valence-corrected chi connectivity index (χ3v) is 4.19. The third kappa shape index (κ3) is 4.55. The van der Waals surface area contributed by atoms with Crippen LogP contribution < -0.4 is 5.32 Å². The highest BCUT2D eigenvalue weighted by atomic mass is 79.9. The van der Waals surface area contributed by atoms with E-state index in [1.165, 1.54) is 12.8 Å². The van der Waals surface area contributed by atoms with Gasteiger partial charge in [-0.3, -0.25) is 4.90 Å². The molecule has 1 aliphatic rings.